The van der Waals surface area contributed by atoms with Gasteiger partial charge in [0.15, 0.2) is 0 Å². The summed E-state index contributed by atoms with van der Waals surface area (Å²) in [6, 6.07) is 5.43. The molecule has 62 valence electrons. The molecule has 0 aliphatic rings. The molecule has 0 fully saturated rings. The molecule has 3 nitrogen and oxygen atoms in total. The van der Waals surface area contributed by atoms with Gasteiger partial charge in [-0.25, -0.2) is 4.39 Å². The summed E-state index contributed by atoms with van der Waals surface area (Å²) in [6.45, 7) is 0. The first kappa shape index (κ1) is 8.39. The zero-order chi connectivity index (χ0) is 8.97. The molecule has 1 rings (SSSR count). The third kappa shape index (κ3) is 2.49. The topological polar surface area (TPSA) is 43.1 Å². The molecule has 4 heteroatoms. The first-order valence-corrected chi connectivity index (χ1v) is 3.26. The van der Waals surface area contributed by atoms with Gasteiger partial charge in [0.2, 0.25) is 6.20 Å². The molecule has 0 saturated carbocycles. The maximum Gasteiger partial charge on any atom is 0.235 e. The van der Waals surface area contributed by atoms with Crippen molar-refractivity contribution in [3.05, 3.63) is 52.0 Å². The van der Waals surface area contributed by atoms with Gasteiger partial charge < -0.3 is 0 Å². The summed E-state index contributed by atoms with van der Waals surface area (Å²) >= 11 is 0. The van der Waals surface area contributed by atoms with E-state index in [2.05, 4.69) is 0 Å². The maximum absolute atomic E-state index is 12.3. The molecule has 0 bridgehead atoms. The molecular weight excluding hydrogens is 161 g/mol. The van der Waals surface area contributed by atoms with E-state index in [4.69, 9.17) is 0 Å². The minimum Gasteiger partial charge on any atom is -0.259 e. The van der Waals surface area contributed by atoms with Crippen LogP contribution in [0, 0.1) is 15.9 Å². The fourth-order valence-corrected chi connectivity index (χ4v) is 0.721. The van der Waals surface area contributed by atoms with E-state index in [9.17, 15) is 14.5 Å². The van der Waals surface area contributed by atoms with Crippen LogP contribution in [0.1, 0.15) is 5.56 Å². The smallest absolute Gasteiger partial charge is 0.235 e. The first-order chi connectivity index (χ1) is 5.68. The Bertz CT molecular complexity index is 305. The monoisotopic (exact) mass is 167 g/mol. The van der Waals surface area contributed by atoms with Gasteiger partial charge in [-0.15, -0.1) is 0 Å². The molecule has 0 heterocycles. The lowest BCUT2D eigenvalue weighted by Crippen LogP contribution is -1.82. The number of hydrogen-bond donors (Lipinski definition) is 0. The van der Waals surface area contributed by atoms with Crippen molar-refractivity contribution < 1.29 is 9.31 Å². The standard InChI is InChI=1S/C8H6FNO2/c9-8-3-1-7(2-4-8)5-6-10(11)12/h1-6H/b6-5-. The second-order valence-electron chi connectivity index (χ2n) is 2.15. The van der Waals surface area contributed by atoms with Crippen LogP contribution in [0.25, 0.3) is 6.08 Å². The molecule has 0 unspecified atom stereocenters. The summed E-state index contributed by atoms with van der Waals surface area (Å²) in [4.78, 5) is 9.32. The number of halogens is 1. The van der Waals surface area contributed by atoms with Crippen LogP contribution in [0.5, 0.6) is 0 Å². The number of rotatable bonds is 2. The molecule has 0 spiro atoms. The van der Waals surface area contributed by atoms with Crippen molar-refractivity contribution in [1.29, 1.82) is 0 Å². The van der Waals surface area contributed by atoms with Gasteiger partial charge in [-0.2, -0.15) is 0 Å². The normalized spacial score (nSPS) is 10.4. The van der Waals surface area contributed by atoms with Gasteiger partial charge >= 0.3 is 0 Å². The summed E-state index contributed by atoms with van der Waals surface area (Å²) in [6.07, 6.45) is 2.12. The third-order valence-corrected chi connectivity index (χ3v) is 1.26. The maximum atomic E-state index is 12.3. The highest BCUT2D eigenvalue weighted by atomic mass is 19.1. The Morgan fingerprint density at radius 3 is 2.42 bits per heavy atom. The molecule has 0 saturated heterocycles. The molecule has 0 aromatic heterocycles. The van der Waals surface area contributed by atoms with E-state index in [-0.39, 0.29) is 5.82 Å². The van der Waals surface area contributed by atoms with Gasteiger partial charge in [0, 0.05) is 6.08 Å². The Hall–Kier alpha value is -1.71. The van der Waals surface area contributed by atoms with Crippen molar-refractivity contribution in [2.24, 2.45) is 0 Å². The van der Waals surface area contributed by atoms with Crippen LogP contribution in [0.15, 0.2) is 30.5 Å². The Morgan fingerprint density at radius 1 is 1.33 bits per heavy atom. The van der Waals surface area contributed by atoms with Crippen molar-refractivity contribution in [3.8, 4) is 0 Å². The second-order valence-corrected chi connectivity index (χ2v) is 2.15. The van der Waals surface area contributed by atoms with Crippen molar-refractivity contribution in [3.63, 3.8) is 0 Å². The van der Waals surface area contributed by atoms with Crippen molar-refractivity contribution in [2.45, 2.75) is 0 Å². The van der Waals surface area contributed by atoms with Crippen molar-refractivity contribution >= 4 is 6.08 Å². The lowest BCUT2D eigenvalue weighted by molar-refractivity contribution is -0.400. The minimum atomic E-state index is -0.566. The van der Waals surface area contributed by atoms with E-state index in [0.717, 1.165) is 6.20 Å². The molecule has 0 aliphatic heterocycles. The van der Waals surface area contributed by atoms with Gasteiger partial charge in [-0.1, -0.05) is 12.1 Å². The Balaban J connectivity index is 2.77. The second kappa shape index (κ2) is 3.61. The molecule has 1 aromatic carbocycles. The van der Waals surface area contributed by atoms with E-state index in [0.29, 0.717) is 5.56 Å². The van der Waals surface area contributed by atoms with Crippen LogP contribution in [0.4, 0.5) is 4.39 Å². The fraction of sp³-hybridized carbons (Fsp3) is 0. The van der Waals surface area contributed by atoms with Crippen LogP contribution < -0.4 is 0 Å². The summed E-state index contributed by atoms with van der Waals surface area (Å²) in [5.41, 5.74) is 0.605. The predicted molar refractivity (Wildman–Crippen MR) is 42.4 cm³/mol. The van der Waals surface area contributed by atoms with E-state index in [1.807, 2.05) is 0 Å². The zero-order valence-corrected chi connectivity index (χ0v) is 6.11. The molecule has 1 aromatic rings. The summed E-state index contributed by atoms with van der Waals surface area (Å²) in [7, 11) is 0. The highest BCUT2D eigenvalue weighted by Crippen LogP contribution is 2.04. The molecule has 0 radical (unpaired) electrons. The molecule has 0 aliphatic carbocycles. The Kier molecular flexibility index (Phi) is 2.53. The zero-order valence-electron chi connectivity index (χ0n) is 6.11. The highest BCUT2D eigenvalue weighted by molar-refractivity contribution is 5.47. The summed E-state index contributed by atoms with van der Waals surface area (Å²) < 4.78 is 12.3. The average Bonchev–Trinajstić information content (AvgIpc) is 2.03. The molecule has 12 heavy (non-hydrogen) atoms. The van der Waals surface area contributed by atoms with Gasteiger partial charge in [-0.05, 0) is 17.7 Å². The van der Waals surface area contributed by atoms with E-state index < -0.39 is 4.92 Å². The molecule has 0 atom stereocenters. The average molecular weight is 167 g/mol. The Labute approximate surface area is 68.3 Å². The summed E-state index contributed by atoms with van der Waals surface area (Å²) in [5.74, 6) is -0.353. The lowest BCUT2D eigenvalue weighted by Gasteiger charge is -1.89. The van der Waals surface area contributed by atoms with Crippen LogP contribution in [-0.4, -0.2) is 4.92 Å². The number of benzene rings is 1. The van der Waals surface area contributed by atoms with Crippen LogP contribution >= 0.6 is 0 Å². The number of nitrogens with zero attached hydrogens (tertiary/aromatic N) is 1. The quantitative estimate of drug-likeness (QED) is 0.499. The van der Waals surface area contributed by atoms with Gasteiger partial charge in [0.1, 0.15) is 5.82 Å². The Morgan fingerprint density at radius 2 is 1.92 bits per heavy atom. The fourth-order valence-electron chi connectivity index (χ4n) is 0.721. The van der Waals surface area contributed by atoms with Crippen LogP contribution in [-0.2, 0) is 0 Å². The van der Waals surface area contributed by atoms with Crippen LogP contribution in [0.2, 0.25) is 0 Å². The highest BCUT2D eigenvalue weighted by Gasteiger charge is 1.90. The molecule has 0 amide bonds. The van der Waals surface area contributed by atoms with Gasteiger partial charge in [0.05, 0.1) is 4.92 Å². The van der Waals surface area contributed by atoms with Gasteiger partial charge in [-0.3, -0.25) is 10.1 Å². The lowest BCUT2D eigenvalue weighted by atomic mass is 10.2. The van der Waals surface area contributed by atoms with Crippen molar-refractivity contribution in [1.82, 2.24) is 0 Å². The number of nitro groups is 1. The third-order valence-electron chi connectivity index (χ3n) is 1.26. The van der Waals surface area contributed by atoms with Crippen LogP contribution in [0.3, 0.4) is 0 Å². The number of hydrogen-bond acceptors (Lipinski definition) is 2. The first-order valence-electron chi connectivity index (χ1n) is 3.26. The van der Waals surface area contributed by atoms with Gasteiger partial charge in [0.25, 0.3) is 0 Å². The molecule has 0 N–H and O–H groups in total. The van der Waals surface area contributed by atoms with E-state index in [1.165, 1.54) is 30.3 Å². The SMILES string of the molecule is O=[N+]([O-])/C=C\c1ccc(F)cc1. The van der Waals surface area contributed by atoms with Crippen molar-refractivity contribution in [2.75, 3.05) is 0 Å². The molecular formula is C8H6FNO2. The van der Waals surface area contributed by atoms with E-state index >= 15 is 0 Å². The summed E-state index contributed by atoms with van der Waals surface area (Å²) in [5, 5.41) is 9.88. The van der Waals surface area contributed by atoms with E-state index in [1.54, 1.807) is 0 Å². The predicted octanol–water partition coefficient (Wildman–Crippen LogP) is 2.07. The minimum absolute atomic E-state index is 0.353. The largest absolute Gasteiger partial charge is 0.259 e.